The average molecular weight is 212 g/mol. The van der Waals surface area contributed by atoms with Crippen LogP contribution in [0.4, 0.5) is 0 Å². The van der Waals surface area contributed by atoms with Crippen LogP contribution in [-0.2, 0) is 4.74 Å². The lowest BCUT2D eigenvalue weighted by Crippen LogP contribution is -2.34. The molecule has 0 aromatic rings. The van der Waals surface area contributed by atoms with Crippen LogP contribution in [0.15, 0.2) is 0 Å². The van der Waals surface area contributed by atoms with Gasteiger partial charge in [-0.1, -0.05) is 13.8 Å². The summed E-state index contributed by atoms with van der Waals surface area (Å²) in [6.45, 7) is 8.76. The van der Waals surface area contributed by atoms with Crippen molar-refractivity contribution in [1.82, 2.24) is 10.6 Å². The Balaban J connectivity index is 1.48. The summed E-state index contributed by atoms with van der Waals surface area (Å²) in [7, 11) is 0. The second-order valence-corrected chi connectivity index (χ2v) is 5.52. The van der Waals surface area contributed by atoms with Crippen LogP contribution in [0.1, 0.15) is 33.1 Å². The third kappa shape index (κ3) is 3.44. The zero-order valence-corrected chi connectivity index (χ0v) is 10.0. The van der Waals surface area contributed by atoms with E-state index in [1.807, 2.05) is 0 Å². The highest BCUT2D eigenvalue weighted by molar-refractivity contribution is 5.01. The van der Waals surface area contributed by atoms with Gasteiger partial charge in [0.15, 0.2) is 0 Å². The van der Waals surface area contributed by atoms with E-state index in [4.69, 9.17) is 4.74 Å². The van der Waals surface area contributed by atoms with Gasteiger partial charge >= 0.3 is 0 Å². The van der Waals surface area contributed by atoms with E-state index in [2.05, 4.69) is 24.5 Å². The standard InChI is InChI=1S/C12H24N2O/c1-12(2)9-11(12)14-7-8-15-10-3-5-13-6-4-10/h10-11,13-14H,3-9H2,1-2H3. The van der Waals surface area contributed by atoms with Crippen molar-refractivity contribution in [3.05, 3.63) is 0 Å². The monoisotopic (exact) mass is 212 g/mol. The zero-order chi connectivity index (χ0) is 10.7. The van der Waals surface area contributed by atoms with Crippen molar-refractivity contribution in [1.29, 1.82) is 0 Å². The van der Waals surface area contributed by atoms with Gasteiger partial charge in [0.1, 0.15) is 0 Å². The van der Waals surface area contributed by atoms with Crippen LogP contribution in [0.3, 0.4) is 0 Å². The third-order valence-corrected chi connectivity index (χ3v) is 3.65. The lowest BCUT2D eigenvalue weighted by molar-refractivity contribution is 0.0345. The van der Waals surface area contributed by atoms with Gasteiger partial charge in [0.05, 0.1) is 12.7 Å². The number of nitrogens with one attached hydrogen (secondary N) is 2. The number of hydrogen-bond donors (Lipinski definition) is 2. The molecule has 0 bridgehead atoms. The first-order valence-corrected chi connectivity index (χ1v) is 6.24. The highest BCUT2D eigenvalue weighted by Gasteiger charge is 2.44. The Kier molecular flexibility index (Phi) is 3.65. The molecule has 1 saturated heterocycles. The Hall–Kier alpha value is -0.120. The van der Waals surface area contributed by atoms with Crippen LogP contribution in [0.2, 0.25) is 0 Å². The molecular formula is C12H24N2O. The molecular weight excluding hydrogens is 188 g/mol. The van der Waals surface area contributed by atoms with Crippen LogP contribution in [-0.4, -0.2) is 38.4 Å². The van der Waals surface area contributed by atoms with Crippen molar-refractivity contribution in [2.24, 2.45) is 5.41 Å². The predicted octanol–water partition coefficient (Wildman–Crippen LogP) is 1.14. The molecule has 0 spiro atoms. The van der Waals surface area contributed by atoms with Gasteiger partial charge in [-0.05, 0) is 37.8 Å². The van der Waals surface area contributed by atoms with Crippen molar-refractivity contribution in [3.8, 4) is 0 Å². The van der Waals surface area contributed by atoms with E-state index in [1.165, 1.54) is 19.3 Å². The second kappa shape index (κ2) is 4.81. The number of ether oxygens (including phenoxy) is 1. The van der Waals surface area contributed by atoms with Crippen LogP contribution < -0.4 is 10.6 Å². The van der Waals surface area contributed by atoms with Gasteiger partial charge in [0.2, 0.25) is 0 Å². The number of rotatable bonds is 5. The molecule has 1 aliphatic heterocycles. The fourth-order valence-corrected chi connectivity index (χ4v) is 2.24. The summed E-state index contributed by atoms with van der Waals surface area (Å²) in [5, 5.41) is 6.89. The highest BCUT2D eigenvalue weighted by atomic mass is 16.5. The maximum absolute atomic E-state index is 5.83. The molecule has 3 nitrogen and oxygen atoms in total. The largest absolute Gasteiger partial charge is 0.377 e. The van der Waals surface area contributed by atoms with Crippen molar-refractivity contribution in [2.75, 3.05) is 26.2 Å². The molecule has 1 aliphatic carbocycles. The van der Waals surface area contributed by atoms with Gasteiger partial charge in [-0.15, -0.1) is 0 Å². The quantitative estimate of drug-likeness (QED) is 0.671. The molecule has 2 N–H and O–H groups in total. The minimum atomic E-state index is 0.500. The zero-order valence-electron chi connectivity index (χ0n) is 10.0. The molecule has 0 radical (unpaired) electrons. The van der Waals surface area contributed by atoms with Gasteiger partial charge in [-0.2, -0.15) is 0 Å². The van der Waals surface area contributed by atoms with Gasteiger partial charge in [-0.25, -0.2) is 0 Å². The lowest BCUT2D eigenvalue weighted by atomic mass is 10.1. The molecule has 2 fully saturated rings. The highest BCUT2D eigenvalue weighted by Crippen LogP contribution is 2.44. The van der Waals surface area contributed by atoms with Gasteiger partial charge < -0.3 is 15.4 Å². The van der Waals surface area contributed by atoms with Crippen LogP contribution >= 0.6 is 0 Å². The Morgan fingerprint density at radius 3 is 2.60 bits per heavy atom. The summed E-state index contributed by atoms with van der Waals surface area (Å²) in [6.07, 6.45) is 4.17. The maximum atomic E-state index is 5.83. The molecule has 3 heteroatoms. The molecule has 1 unspecified atom stereocenters. The molecule has 0 aromatic heterocycles. The van der Waals surface area contributed by atoms with Gasteiger partial charge in [0, 0.05) is 12.6 Å². The van der Waals surface area contributed by atoms with Crippen molar-refractivity contribution < 1.29 is 4.74 Å². The third-order valence-electron chi connectivity index (χ3n) is 3.65. The first kappa shape index (κ1) is 11.4. The van der Waals surface area contributed by atoms with Gasteiger partial charge in [0.25, 0.3) is 0 Å². The van der Waals surface area contributed by atoms with Crippen molar-refractivity contribution in [3.63, 3.8) is 0 Å². The number of piperidine rings is 1. The van der Waals surface area contributed by atoms with E-state index in [0.717, 1.165) is 32.3 Å². The van der Waals surface area contributed by atoms with Crippen molar-refractivity contribution in [2.45, 2.75) is 45.3 Å². The minimum absolute atomic E-state index is 0.500. The normalized spacial score (nSPS) is 30.4. The molecule has 1 heterocycles. The second-order valence-electron chi connectivity index (χ2n) is 5.52. The maximum Gasteiger partial charge on any atom is 0.0600 e. The van der Waals surface area contributed by atoms with E-state index in [-0.39, 0.29) is 0 Å². The van der Waals surface area contributed by atoms with E-state index < -0.39 is 0 Å². The fraction of sp³-hybridized carbons (Fsp3) is 1.00. The van der Waals surface area contributed by atoms with Crippen LogP contribution in [0.5, 0.6) is 0 Å². The summed E-state index contributed by atoms with van der Waals surface area (Å²) < 4.78 is 5.83. The minimum Gasteiger partial charge on any atom is -0.377 e. The van der Waals surface area contributed by atoms with Crippen molar-refractivity contribution >= 4 is 0 Å². The Morgan fingerprint density at radius 1 is 1.33 bits per heavy atom. The molecule has 0 amide bonds. The predicted molar refractivity (Wildman–Crippen MR) is 62.0 cm³/mol. The fourth-order valence-electron chi connectivity index (χ4n) is 2.24. The Morgan fingerprint density at radius 2 is 2.00 bits per heavy atom. The average Bonchev–Trinajstić information content (AvgIpc) is 2.83. The van der Waals surface area contributed by atoms with E-state index in [9.17, 15) is 0 Å². The summed E-state index contributed by atoms with van der Waals surface area (Å²) >= 11 is 0. The SMILES string of the molecule is CC1(C)CC1NCCOC1CCNCC1. The molecule has 1 saturated carbocycles. The van der Waals surface area contributed by atoms with Gasteiger partial charge in [-0.3, -0.25) is 0 Å². The Labute approximate surface area is 93.0 Å². The summed E-state index contributed by atoms with van der Waals surface area (Å²) in [4.78, 5) is 0. The number of hydrogen-bond acceptors (Lipinski definition) is 3. The van der Waals surface area contributed by atoms with E-state index in [1.54, 1.807) is 0 Å². The summed E-state index contributed by atoms with van der Waals surface area (Å²) in [5.41, 5.74) is 0.536. The summed E-state index contributed by atoms with van der Waals surface area (Å²) in [5.74, 6) is 0. The van der Waals surface area contributed by atoms with Crippen LogP contribution in [0, 0.1) is 5.41 Å². The Bertz CT molecular complexity index is 200. The molecule has 2 aliphatic rings. The molecule has 15 heavy (non-hydrogen) atoms. The first-order chi connectivity index (χ1) is 7.18. The van der Waals surface area contributed by atoms with E-state index in [0.29, 0.717) is 11.5 Å². The lowest BCUT2D eigenvalue weighted by Gasteiger charge is -2.23. The summed E-state index contributed by atoms with van der Waals surface area (Å²) in [6, 6.07) is 0.731. The molecule has 1 atom stereocenters. The molecule has 88 valence electrons. The van der Waals surface area contributed by atoms with Crippen LogP contribution in [0.25, 0.3) is 0 Å². The van der Waals surface area contributed by atoms with E-state index >= 15 is 0 Å². The smallest absolute Gasteiger partial charge is 0.0600 e. The molecule has 2 rings (SSSR count). The topological polar surface area (TPSA) is 33.3 Å². The first-order valence-electron chi connectivity index (χ1n) is 6.24. The molecule has 0 aromatic carbocycles.